The van der Waals surface area contributed by atoms with Crippen molar-refractivity contribution in [3.8, 4) is 5.69 Å². The van der Waals surface area contributed by atoms with Gasteiger partial charge in [0.2, 0.25) is 0 Å². The first-order valence-corrected chi connectivity index (χ1v) is 11.0. The van der Waals surface area contributed by atoms with Crippen molar-refractivity contribution in [2.24, 2.45) is 0 Å². The van der Waals surface area contributed by atoms with Gasteiger partial charge in [-0.15, -0.1) is 11.3 Å². The molecule has 4 aromatic rings. The maximum atomic E-state index is 13.5. The van der Waals surface area contributed by atoms with Gasteiger partial charge < -0.3 is 10.1 Å². The molecule has 0 atom stereocenters. The van der Waals surface area contributed by atoms with Crippen molar-refractivity contribution >= 4 is 39.0 Å². The number of hydrogen-bond acceptors (Lipinski definition) is 6. The number of carbonyl (C=O) groups excluding carboxylic acids is 2. The van der Waals surface area contributed by atoms with Crippen LogP contribution in [0.1, 0.15) is 38.9 Å². The Balaban J connectivity index is 1.90. The second-order valence-electron chi connectivity index (χ2n) is 7.37. The molecule has 0 aliphatic heterocycles. The maximum absolute atomic E-state index is 13.5. The van der Waals surface area contributed by atoms with Gasteiger partial charge in [0.05, 0.1) is 17.7 Å². The number of nitrogens with one attached hydrogen (secondary N) is 1. The predicted octanol–water partition coefficient (Wildman–Crippen LogP) is 4.63. The smallest absolute Gasteiger partial charge is 0.359 e. The van der Waals surface area contributed by atoms with Crippen LogP contribution in [-0.4, -0.2) is 28.3 Å². The third-order valence-corrected chi connectivity index (χ3v) is 6.07. The Morgan fingerprint density at radius 3 is 2.64 bits per heavy atom. The van der Waals surface area contributed by atoms with Crippen molar-refractivity contribution in [3.63, 3.8) is 0 Å². The minimum Gasteiger partial charge on any atom is -0.461 e. The average molecular weight is 466 g/mol. The zero-order valence-corrected chi connectivity index (χ0v) is 19.0. The number of fused-ring (bicyclic) bond motifs is 1. The van der Waals surface area contributed by atoms with Crippen LogP contribution in [0, 0.1) is 19.7 Å². The lowest BCUT2D eigenvalue weighted by molar-refractivity contribution is 0.0520. The van der Waals surface area contributed by atoms with E-state index in [9.17, 15) is 18.8 Å². The van der Waals surface area contributed by atoms with Gasteiger partial charge in [-0.25, -0.2) is 9.18 Å². The summed E-state index contributed by atoms with van der Waals surface area (Å²) in [5.41, 5.74) is 2.03. The Labute approximate surface area is 192 Å². The fourth-order valence-electron chi connectivity index (χ4n) is 3.33. The molecule has 0 unspecified atom stereocenters. The molecule has 0 aliphatic carbocycles. The molecular weight excluding hydrogens is 445 g/mol. The lowest BCUT2D eigenvalue weighted by Crippen LogP contribution is -2.25. The minimum atomic E-state index is -0.680. The largest absolute Gasteiger partial charge is 0.461 e. The standard InChI is InChI=1S/C24H20FN3O4S/c1-4-32-24(31)20-18-12-33-22(26-21(29)15-6-5-7-16(25)11-15)19(18)23(30)28(27-20)17-9-8-13(2)14(3)10-17/h5-12H,4H2,1-3H3,(H,26,29). The summed E-state index contributed by atoms with van der Waals surface area (Å²) in [7, 11) is 0. The van der Waals surface area contributed by atoms with E-state index in [0.29, 0.717) is 5.69 Å². The van der Waals surface area contributed by atoms with Gasteiger partial charge in [-0.05, 0) is 62.2 Å². The van der Waals surface area contributed by atoms with Crippen LogP contribution in [0.2, 0.25) is 0 Å². The van der Waals surface area contributed by atoms with E-state index in [0.717, 1.165) is 33.2 Å². The first kappa shape index (κ1) is 22.3. The van der Waals surface area contributed by atoms with Gasteiger partial charge in [-0.2, -0.15) is 9.78 Å². The van der Waals surface area contributed by atoms with Crippen LogP contribution in [0.25, 0.3) is 16.5 Å². The third kappa shape index (κ3) is 4.27. The van der Waals surface area contributed by atoms with Gasteiger partial charge in [-0.3, -0.25) is 9.59 Å². The van der Waals surface area contributed by atoms with Crippen molar-refractivity contribution in [1.82, 2.24) is 9.78 Å². The summed E-state index contributed by atoms with van der Waals surface area (Å²) in [4.78, 5) is 38.8. The van der Waals surface area contributed by atoms with Crippen LogP contribution >= 0.6 is 11.3 Å². The topological polar surface area (TPSA) is 90.3 Å². The Kier molecular flexibility index (Phi) is 6.06. The highest BCUT2D eigenvalue weighted by molar-refractivity contribution is 7.16. The molecule has 1 N–H and O–H groups in total. The molecule has 0 saturated heterocycles. The summed E-state index contributed by atoms with van der Waals surface area (Å²) in [5.74, 6) is -1.81. The number of halogens is 1. The van der Waals surface area contributed by atoms with Crippen LogP contribution in [-0.2, 0) is 4.74 Å². The van der Waals surface area contributed by atoms with Gasteiger partial charge >= 0.3 is 5.97 Å². The Morgan fingerprint density at radius 1 is 1.15 bits per heavy atom. The number of hydrogen-bond donors (Lipinski definition) is 1. The van der Waals surface area contributed by atoms with Crippen molar-refractivity contribution in [3.05, 3.63) is 86.4 Å². The first-order chi connectivity index (χ1) is 15.8. The SMILES string of the molecule is CCOC(=O)c1nn(-c2ccc(C)c(C)c2)c(=O)c2c(NC(=O)c3cccc(F)c3)scc12. The zero-order valence-electron chi connectivity index (χ0n) is 18.1. The van der Waals surface area contributed by atoms with Gasteiger partial charge in [0, 0.05) is 16.3 Å². The van der Waals surface area contributed by atoms with Crippen LogP contribution in [0.4, 0.5) is 9.39 Å². The highest BCUT2D eigenvalue weighted by Gasteiger charge is 2.23. The number of nitrogens with zero attached hydrogens (tertiary/aromatic N) is 2. The molecule has 168 valence electrons. The third-order valence-electron chi connectivity index (χ3n) is 5.17. The van der Waals surface area contributed by atoms with Crippen LogP contribution in [0.5, 0.6) is 0 Å². The molecule has 7 nitrogen and oxygen atoms in total. The molecule has 0 saturated carbocycles. The Bertz CT molecular complexity index is 1460. The second kappa shape index (κ2) is 8.95. The van der Waals surface area contributed by atoms with E-state index < -0.39 is 23.3 Å². The number of carbonyl (C=O) groups is 2. The van der Waals surface area contributed by atoms with Crippen molar-refractivity contribution in [2.75, 3.05) is 11.9 Å². The number of ether oxygens (including phenoxy) is 1. The van der Waals surface area contributed by atoms with E-state index in [4.69, 9.17) is 4.74 Å². The molecule has 2 heterocycles. The number of aromatic nitrogens is 2. The second-order valence-corrected chi connectivity index (χ2v) is 8.25. The lowest BCUT2D eigenvalue weighted by atomic mass is 10.1. The summed E-state index contributed by atoms with van der Waals surface area (Å²) in [6, 6.07) is 10.6. The van der Waals surface area contributed by atoms with E-state index >= 15 is 0 Å². The van der Waals surface area contributed by atoms with E-state index in [1.165, 1.54) is 18.2 Å². The molecule has 0 radical (unpaired) electrons. The fraction of sp³-hybridized carbons (Fsp3) is 0.167. The summed E-state index contributed by atoms with van der Waals surface area (Å²) in [5, 5.41) is 9.17. The zero-order chi connectivity index (χ0) is 23.7. The lowest BCUT2D eigenvalue weighted by Gasteiger charge is -2.11. The highest BCUT2D eigenvalue weighted by atomic mass is 32.1. The average Bonchev–Trinajstić information content (AvgIpc) is 3.20. The van der Waals surface area contributed by atoms with E-state index in [2.05, 4.69) is 10.4 Å². The Morgan fingerprint density at radius 2 is 1.94 bits per heavy atom. The van der Waals surface area contributed by atoms with Crippen molar-refractivity contribution < 1.29 is 18.7 Å². The van der Waals surface area contributed by atoms with E-state index in [1.54, 1.807) is 24.4 Å². The van der Waals surface area contributed by atoms with Crippen molar-refractivity contribution in [2.45, 2.75) is 20.8 Å². The number of anilines is 1. The van der Waals surface area contributed by atoms with Crippen LogP contribution < -0.4 is 10.9 Å². The number of amides is 1. The first-order valence-electron chi connectivity index (χ1n) is 10.2. The van der Waals surface area contributed by atoms with Gasteiger partial charge in [0.1, 0.15) is 10.8 Å². The van der Waals surface area contributed by atoms with Gasteiger partial charge in [0.25, 0.3) is 11.5 Å². The van der Waals surface area contributed by atoms with E-state index in [1.807, 2.05) is 19.9 Å². The molecule has 0 spiro atoms. The molecule has 1 amide bonds. The fourth-order valence-corrected chi connectivity index (χ4v) is 4.26. The molecule has 2 aromatic carbocycles. The van der Waals surface area contributed by atoms with E-state index in [-0.39, 0.29) is 33.6 Å². The highest BCUT2D eigenvalue weighted by Crippen LogP contribution is 2.31. The molecule has 33 heavy (non-hydrogen) atoms. The molecule has 4 rings (SSSR count). The summed E-state index contributed by atoms with van der Waals surface area (Å²) in [6.45, 7) is 5.66. The monoisotopic (exact) mass is 465 g/mol. The van der Waals surface area contributed by atoms with Gasteiger partial charge in [0.15, 0.2) is 5.69 Å². The summed E-state index contributed by atoms with van der Waals surface area (Å²) >= 11 is 1.08. The molecule has 2 aromatic heterocycles. The number of esters is 1. The normalized spacial score (nSPS) is 10.9. The number of thiophene rings is 1. The summed E-state index contributed by atoms with van der Waals surface area (Å²) in [6.07, 6.45) is 0. The van der Waals surface area contributed by atoms with Crippen molar-refractivity contribution in [1.29, 1.82) is 0 Å². The molecule has 0 aliphatic rings. The molecule has 0 fully saturated rings. The summed E-state index contributed by atoms with van der Waals surface area (Å²) < 4.78 is 19.8. The molecular formula is C24H20FN3O4S. The number of benzene rings is 2. The maximum Gasteiger partial charge on any atom is 0.359 e. The predicted molar refractivity (Wildman–Crippen MR) is 125 cm³/mol. The minimum absolute atomic E-state index is 0.0350. The number of rotatable bonds is 5. The molecule has 0 bridgehead atoms. The quantitative estimate of drug-likeness (QED) is 0.434. The van der Waals surface area contributed by atoms with Crippen LogP contribution in [0.15, 0.2) is 52.6 Å². The Hall–Kier alpha value is -3.85. The molecule has 9 heteroatoms. The van der Waals surface area contributed by atoms with Gasteiger partial charge in [-0.1, -0.05) is 12.1 Å². The van der Waals surface area contributed by atoms with Crippen LogP contribution in [0.3, 0.4) is 0 Å². The number of aryl methyl sites for hydroxylation is 2.